The van der Waals surface area contributed by atoms with Crippen LogP contribution in [-0.2, 0) is 4.79 Å². The van der Waals surface area contributed by atoms with Crippen molar-refractivity contribution in [1.29, 1.82) is 0 Å². The van der Waals surface area contributed by atoms with Crippen LogP contribution in [0.1, 0.15) is 26.7 Å². The lowest BCUT2D eigenvalue weighted by Gasteiger charge is -2.32. The van der Waals surface area contributed by atoms with Gasteiger partial charge in [0.1, 0.15) is 0 Å². The molecule has 1 heterocycles. The fourth-order valence-electron chi connectivity index (χ4n) is 1.86. The fourth-order valence-corrected chi connectivity index (χ4v) is 1.86. The zero-order valence-corrected chi connectivity index (χ0v) is 11.3. The number of carbonyl (C=O) groups is 2. The Kier molecular flexibility index (Phi) is 4.95. The third-order valence-electron chi connectivity index (χ3n) is 3.44. The van der Waals surface area contributed by atoms with Crippen LogP contribution in [-0.4, -0.2) is 54.7 Å². The van der Waals surface area contributed by atoms with Gasteiger partial charge in [0.05, 0.1) is 5.41 Å². The highest BCUT2D eigenvalue weighted by Gasteiger charge is 2.29. The standard InChI is InChI=1S/C12H23N3O3/c1-12(2,10(16)17)8-14-11(18)15(3)9-4-6-13-7-5-9/h9,13H,4-8H2,1-3H3,(H,14,18)(H,16,17). The first kappa shape index (κ1) is 14.8. The molecule has 1 saturated heterocycles. The van der Waals surface area contributed by atoms with Gasteiger partial charge in [-0.05, 0) is 39.8 Å². The van der Waals surface area contributed by atoms with Crippen molar-refractivity contribution < 1.29 is 14.7 Å². The molecule has 0 radical (unpaired) electrons. The molecule has 2 amide bonds. The summed E-state index contributed by atoms with van der Waals surface area (Å²) in [4.78, 5) is 24.5. The van der Waals surface area contributed by atoms with Crippen molar-refractivity contribution in [2.24, 2.45) is 5.41 Å². The quantitative estimate of drug-likeness (QED) is 0.684. The van der Waals surface area contributed by atoms with E-state index in [0.29, 0.717) is 0 Å². The monoisotopic (exact) mass is 257 g/mol. The van der Waals surface area contributed by atoms with Crippen molar-refractivity contribution in [2.45, 2.75) is 32.7 Å². The predicted octanol–water partition coefficient (Wildman–Crippen LogP) is 0.491. The average Bonchev–Trinajstić information content (AvgIpc) is 2.36. The third-order valence-corrected chi connectivity index (χ3v) is 3.44. The molecule has 0 aromatic rings. The van der Waals surface area contributed by atoms with Crippen LogP contribution in [0.2, 0.25) is 0 Å². The molecule has 6 nitrogen and oxygen atoms in total. The first-order valence-corrected chi connectivity index (χ1v) is 6.29. The van der Waals surface area contributed by atoms with Crippen molar-refractivity contribution in [3.05, 3.63) is 0 Å². The van der Waals surface area contributed by atoms with Gasteiger partial charge in [-0.25, -0.2) is 4.79 Å². The summed E-state index contributed by atoms with van der Waals surface area (Å²) in [7, 11) is 1.76. The summed E-state index contributed by atoms with van der Waals surface area (Å²) in [6, 6.07) is 0.0374. The summed E-state index contributed by atoms with van der Waals surface area (Å²) in [5.41, 5.74) is -0.940. The van der Waals surface area contributed by atoms with E-state index in [1.165, 1.54) is 0 Å². The van der Waals surface area contributed by atoms with Gasteiger partial charge >= 0.3 is 12.0 Å². The summed E-state index contributed by atoms with van der Waals surface area (Å²) in [6.07, 6.45) is 1.87. The summed E-state index contributed by atoms with van der Waals surface area (Å²) in [5, 5.41) is 14.9. The van der Waals surface area contributed by atoms with Crippen LogP contribution >= 0.6 is 0 Å². The van der Waals surface area contributed by atoms with Gasteiger partial charge in [-0.1, -0.05) is 0 Å². The van der Waals surface area contributed by atoms with Crippen LogP contribution in [0.4, 0.5) is 4.79 Å². The maximum absolute atomic E-state index is 11.9. The van der Waals surface area contributed by atoms with Gasteiger partial charge in [-0.2, -0.15) is 0 Å². The lowest BCUT2D eigenvalue weighted by atomic mass is 9.94. The molecule has 0 bridgehead atoms. The van der Waals surface area contributed by atoms with Gasteiger partial charge in [-0.15, -0.1) is 0 Å². The van der Waals surface area contributed by atoms with Gasteiger partial charge < -0.3 is 20.6 Å². The Morgan fingerprint density at radius 1 is 1.39 bits per heavy atom. The number of aliphatic carboxylic acids is 1. The number of carboxylic acids is 1. The third kappa shape index (κ3) is 3.87. The largest absolute Gasteiger partial charge is 0.481 e. The van der Waals surface area contributed by atoms with E-state index in [1.807, 2.05) is 0 Å². The molecule has 0 spiro atoms. The molecule has 0 aromatic heterocycles. The van der Waals surface area contributed by atoms with Crippen LogP contribution in [0.5, 0.6) is 0 Å². The van der Waals surface area contributed by atoms with Crippen molar-refractivity contribution in [3.8, 4) is 0 Å². The second-order valence-electron chi connectivity index (χ2n) is 5.44. The highest BCUT2D eigenvalue weighted by atomic mass is 16.4. The maximum atomic E-state index is 11.9. The second-order valence-corrected chi connectivity index (χ2v) is 5.44. The van der Waals surface area contributed by atoms with Crippen LogP contribution in [0, 0.1) is 5.41 Å². The molecule has 0 aromatic carbocycles. The number of carbonyl (C=O) groups excluding carboxylic acids is 1. The van der Waals surface area contributed by atoms with Crippen LogP contribution in [0.25, 0.3) is 0 Å². The lowest BCUT2D eigenvalue weighted by molar-refractivity contribution is -0.146. The number of carboxylic acid groups (broad SMARTS) is 1. The molecule has 18 heavy (non-hydrogen) atoms. The van der Waals surface area contributed by atoms with Crippen LogP contribution < -0.4 is 10.6 Å². The molecule has 1 rings (SSSR count). The van der Waals surface area contributed by atoms with E-state index in [1.54, 1.807) is 25.8 Å². The molecule has 6 heteroatoms. The van der Waals surface area contributed by atoms with E-state index in [-0.39, 0.29) is 18.6 Å². The highest BCUT2D eigenvalue weighted by Crippen LogP contribution is 2.14. The summed E-state index contributed by atoms with van der Waals surface area (Å²) >= 11 is 0. The zero-order chi connectivity index (χ0) is 13.8. The molecule has 1 fully saturated rings. The minimum Gasteiger partial charge on any atom is -0.481 e. The molecule has 0 aliphatic carbocycles. The lowest BCUT2D eigenvalue weighted by Crippen LogP contribution is -2.50. The number of rotatable bonds is 4. The predicted molar refractivity (Wildman–Crippen MR) is 68.5 cm³/mol. The molecule has 1 aliphatic rings. The number of hydrogen-bond donors (Lipinski definition) is 3. The number of amides is 2. The molecular formula is C12H23N3O3. The number of hydrogen-bond acceptors (Lipinski definition) is 3. The molecule has 104 valence electrons. The van der Waals surface area contributed by atoms with Gasteiger partial charge in [0.25, 0.3) is 0 Å². The van der Waals surface area contributed by atoms with E-state index >= 15 is 0 Å². The Bertz CT molecular complexity index is 312. The van der Waals surface area contributed by atoms with Crippen molar-refractivity contribution in [1.82, 2.24) is 15.5 Å². The molecule has 0 saturated carbocycles. The van der Waals surface area contributed by atoms with Crippen LogP contribution in [0.15, 0.2) is 0 Å². The minimum atomic E-state index is -0.940. The second kappa shape index (κ2) is 6.04. The van der Waals surface area contributed by atoms with E-state index in [2.05, 4.69) is 10.6 Å². The van der Waals surface area contributed by atoms with Crippen molar-refractivity contribution in [2.75, 3.05) is 26.7 Å². The number of nitrogens with zero attached hydrogens (tertiary/aromatic N) is 1. The van der Waals surface area contributed by atoms with E-state index in [0.717, 1.165) is 25.9 Å². The molecule has 0 unspecified atom stereocenters. The van der Waals surface area contributed by atoms with Gasteiger partial charge in [0, 0.05) is 19.6 Å². The van der Waals surface area contributed by atoms with E-state index in [4.69, 9.17) is 5.11 Å². The van der Waals surface area contributed by atoms with Gasteiger partial charge in [0.2, 0.25) is 0 Å². The number of piperidine rings is 1. The number of nitrogens with one attached hydrogen (secondary N) is 2. The number of urea groups is 1. The van der Waals surface area contributed by atoms with E-state index in [9.17, 15) is 9.59 Å². The Morgan fingerprint density at radius 2 is 1.94 bits per heavy atom. The normalized spacial score (nSPS) is 17.3. The maximum Gasteiger partial charge on any atom is 0.317 e. The smallest absolute Gasteiger partial charge is 0.317 e. The molecular weight excluding hydrogens is 234 g/mol. The fraction of sp³-hybridized carbons (Fsp3) is 0.833. The first-order valence-electron chi connectivity index (χ1n) is 6.29. The average molecular weight is 257 g/mol. The minimum absolute atomic E-state index is 0.135. The van der Waals surface area contributed by atoms with Crippen LogP contribution in [0.3, 0.4) is 0 Å². The van der Waals surface area contributed by atoms with Crippen molar-refractivity contribution >= 4 is 12.0 Å². The van der Waals surface area contributed by atoms with Gasteiger partial charge in [-0.3, -0.25) is 4.79 Å². The Labute approximate surface area is 108 Å². The van der Waals surface area contributed by atoms with Gasteiger partial charge in [0.15, 0.2) is 0 Å². The zero-order valence-electron chi connectivity index (χ0n) is 11.3. The Hall–Kier alpha value is -1.30. The Balaban J connectivity index is 2.42. The topological polar surface area (TPSA) is 81.7 Å². The first-order chi connectivity index (χ1) is 8.34. The Morgan fingerprint density at radius 3 is 2.44 bits per heavy atom. The molecule has 0 atom stereocenters. The molecule has 3 N–H and O–H groups in total. The highest BCUT2D eigenvalue weighted by molar-refractivity contribution is 5.77. The van der Waals surface area contributed by atoms with E-state index < -0.39 is 11.4 Å². The summed E-state index contributed by atoms with van der Waals surface area (Å²) in [5.74, 6) is -0.910. The summed E-state index contributed by atoms with van der Waals surface area (Å²) < 4.78 is 0. The summed E-state index contributed by atoms with van der Waals surface area (Å²) in [6.45, 7) is 5.17. The SMILES string of the molecule is CN(C(=O)NCC(C)(C)C(=O)O)C1CCNCC1. The molecule has 1 aliphatic heterocycles. The van der Waals surface area contributed by atoms with Crippen molar-refractivity contribution in [3.63, 3.8) is 0 Å².